The molecule has 28 heavy (non-hydrogen) atoms. The highest BCUT2D eigenvalue weighted by molar-refractivity contribution is 5.97. The lowest BCUT2D eigenvalue weighted by Crippen LogP contribution is -2.48. The van der Waals surface area contributed by atoms with E-state index in [0.29, 0.717) is 24.6 Å². The van der Waals surface area contributed by atoms with Gasteiger partial charge in [0, 0.05) is 31.6 Å². The van der Waals surface area contributed by atoms with Crippen LogP contribution in [0.25, 0.3) is 11.3 Å². The molecule has 1 aliphatic heterocycles. The summed E-state index contributed by atoms with van der Waals surface area (Å²) < 4.78 is 0. The molecule has 1 N–H and O–H groups in total. The van der Waals surface area contributed by atoms with Gasteiger partial charge >= 0.3 is 0 Å². The van der Waals surface area contributed by atoms with Gasteiger partial charge in [-0.25, -0.2) is 0 Å². The molecule has 1 amide bonds. The fourth-order valence-corrected chi connectivity index (χ4v) is 3.83. The van der Waals surface area contributed by atoms with Gasteiger partial charge in [-0.15, -0.1) is 0 Å². The third-order valence-electron chi connectivity index (χ3n) is 5.58. The Labute approximate surface area is 166 Å². The van der Waals surface area contributed by atoms with Crippen LogP contribution in [0.4, 0.5) is 0 Å². The molecule has 2 heterocycles. The van der Waals surface area contributed by atoms with Crippen molar-refractivity contribution in [2.75, 3.05) is 13.1 Å². The van der Waals surface area contributed by atoms with E-state index >= 15 is 0 Å². The minimum atomic E-state index is 0. The molecule has 4 rings (SSSR count). The first-order valence-electron chi connectivity index (χ1n) is 9.39. The molecule has 0 aliphatic carbocycles. The lowest BCUT2D eigenvalue weighted by Gasteiger charge is -2.40. The predicted octanol–water partition coefficient (Wildman–Crippen LogP) is 4.36. The number of nitriles is 1. The first kappa shape index (κ1) is 18.0. The molecule has 5 heteroatoms. The molecule has 1 saturated heterocycles. The summed E-state index contributed by atoms with van der Waals surface area (Å²) in [5.74, 6) is 0.401. The quantitative estimate of drug-likeness (QED) is 0.742. The van der Waals surface area contributed by atoms with Crippen molar-refractivity contribution < 1.29 is 6.22 Å². The zero-order chi connectivity index (χ0) is 19.8. The topological polar surface area (TPSA) is 72.8 Å². The predicted molar refractivity (Wildman–Crippen MR) is 110 cm³/mol. The first-order valence-corrected chi connectivity index (χ1v) is 9.39. The second-order valence-electron chi connectivity index (χ2n) is 7.55. The number of rotatable bonds is 3. The SMILES string of the molecule is Cc1cc(C)c(-c2[nH]ncc2C)cc1C(=O)N1CC(c2ccc(C#N)cc2)C1.[HH]. The number of likely N-dealkylation sites (tertiary alicyclic amines) is 1. The fraction of sp³-hybridized carbons (Fsp3) is 0.261. The lowest BCUT2D eigenvalue weighted by atomic mass is 9.89. The molecule has 0 bridgehead atoms. The van der Waals surface area contributed by atoms with Crippen LogP contribution in [0.15, 0.2) is 42.6 Å². The Balaban J connectivity index is 0.00000240. The Morgan fingerprint density at radius 3 is 2.46 bits per heavy atom. The molecular formula is C23H24N4O. The molecule has 1 aromatic heterocycles. The van der Waals surface area contributed by atoms with Gasteiger partial charge in [0.05, 0.1) is 23.5 Å². The van der Waals surface area contributed by atoms with Crippen LogP contribution in [0.2, 0.25) is 0 Å². The number of carbonyl (C=O) groups is 1. The summed E-state index contributed by atoms with van der Waals surface area (Å²) in [6.45, 7) is 7.47. The van der Waals surface area contributed by atoms with E-state index in [1.54, 1.807) is 6.20 Å². The Hall–Kier alpha value is -3.39. The summed E-state index contributed by atoms with van der Waals surface area (Å²) in [6, 6.07) is 13.8. The molecule has 0 unspecified atom stereocenters. The van der Waals surface area contributed by atoms with Gasteiger partial charge in [0.1, 0.15) is 0 Å². The smallest absolute Gasteiger partial charge is 0.254 e. The third kappa shape index (κ3) is 3.07. The van der Waals surface area contributed by atoms with Crippen molar-refractivity contribution in [3.63, 3.8) is 0 Å². The summed E-state index contributed by atoms with van der Waals surface area (Å²) in [6.07, 6.45) is 1.80. The minimum absolute atomic E-state index is 0. The standard InChI is InChI=1S/C23H22N4O.H2/c1-14-8-15(2)21(9-20(14)22-16(3)11-25-26-22)23(28)27-12-19(13-27)18-6-4-17(10-24)5-7-18;/h4-9,11,19H,12-13H2,1-3H3,(H,25,26);1H. The first-order chi connectivity index (χ1) is 13.5. The van der Waals surface area contributed by atoms with Crippen molar-refractivity contribution >= 4 is 5.91 Å². The van der Waals surface area contributed by atoms with Crippen LogP contribution in [0.1, 0.15) is 45.5 Å². The van der Waals surface area contributed by atoms with Crippen molar-refractivity contribution in [3.05, 3.63) is 76.0 Å². The molecule has 3 aromatic rings. The summed E-state index contributed by atoms with van der Waals surface area (Å²) in [5, 5.41) is 16.1. The van der Waals surface area contributed by atoms with E-state index in [-0.39, 0.29) is 7.33 Å². The summed E-state index contributed by atoms with van der Waals surface area (Å²) in [4.78, 5) is 15.0. The van der Waals surface area contributed by atoms with Gasteiger partial charge in [-0.2, -0.15) is 10.4 Å². The maximum absolute atomic E-state index is 13.1. The van der Waals surface area contributed by atoms with Crippen LogP contribution in [0.5, 0.6) is 0 Å². The number of hydrogen-bond acceptors (Lipinski definition) is 3. The van der Waals surface area contributed by atoms with Gasteiger partial charge in [0.15, 0.2) is 0 Å². The zero-order valence-electron chi connectivity index (χ0n) is 16.3. The maximum atomic E-state index is 13.1. The van der Waals surface area contributed by atoms with E-state index in [1.165, 1.54) is 5.56 Å². The maximum Gasteiger partial charge on any atom is 0.254 e. The highest BCUT2D eigenvalue weighted by Gasteiger charge is 2.33. The Bertz CT molecular complexity index is 1090. The largest absolute Gasteiger partial charge is 0.337 e. The molecule has 0 atom stereocenters. The van der Waals surface area contributed by atoms with Gasteiger partial charge < -0.3 is 4.90 Å². The minimum Gasteiger partial charge on any atom is -0.337 e. The third-order valence-corrected chi connectivity index (χ3v) is 5.58. The van der Waals surface area contributed by atoms with Gasteiger partial charge in [-0.05, 0) is 61.2 Å². The van der Waals surface area contributed by atoms with Crippen molar-refractivity contribution in [1.82, 2.24) is 15.1 Å². The number of aryl methyl sites for hydroxylation is 3. The van der Waals surface area contributed by atoms with E-state index in [9.17, 15) is 4.79 Å². The van der Waals surface area contributed by atoms with Crippen LogP contribution < -0.4 is 0 Å². The van der Waals surface area contributed by atoms with Crippen LogP contribution in [-0.4, -0.2) is 34.1 Å². The molecule has 0 saturated carbocycles. The van der Waals surface area contributed by atoms with E-state index < -0.39 is 0 Å². The van der Waals surface area contributed by atoms with E-state index in [0.717, 1.165) is 33.5 Å². The van der Waals surface area contributed by atoms with Crippen LogP contribution >= 0.6 is 0 Å². The van der Waals surface area contributed by atoms with E-state index in [2.05, 4.69) is 29.3 Å². The van der Waals surface area contributed by atoms with Gasteiger partial charge in [-0.1, -0.05) is 18.2 Å². The van der Waals surface area contributed by atoms with E-state index in [4.69, 9.17) is 5.26 Å². The number of benzene rings is 2. The van der Waals surface area contributed by atoms with Crippen LogP contribution in [0.3, 0.4) is 0 Å². The summed E-state index contributed by atoms with van der Waals surface area (Å²) in [5.41, 5.74) is 7.75. The Kier molecular flexibility index (Phi) is 4.48. The van der Waals surface area contributed by atoms with Crippen LogP contribution in [-0.2, 0) is 0 Å². The van der Waals surface area contributed by atoms with Crippen LogP contribution in [0, 0.1) is 32.1 Å². The molecule has 0 spiro atoms. The molecule has 5 nitrogen and oxygen atoms in total. The number of hydrogen-bond donors (Lipinski definition) is 1. The Morgan fingerprint density at radius 1 is 1.14 bits per heavy atom. The summed E-state index contributed by atoms with van der Waals surface area (Å²) >= 11 is 0. The Morgan fingerprint density at radius 2 is 1.86 bits per heavy atom. The van der Waals surface area contributed by atoms with Gasteiger partial charge in [0.25, 0.3) is 5.91 Å². The number of carbonyl (C=O) groups excluding carboxylic acids is 1. The zero-order valence-corrected chi connectivity index (χ0v) is 16.3. The molecule has 142 valence electrons. The number of H-pyrrole nitrogens is 1. The van der Waals surface area contributed by atoms with Crippen molar-refractivity contribution in [2.24, 2.45) is 0 Å². The fourth-order valence-electron chi connectivity index (χ4n) is 3.83. The number of aromatic amines is 1. The average Bonchev–Trinajstić information content (AvgIpc) is 3.07. The second kappa shape index (κ2) is 6.97. The van der Waals surface area contributed by atoms with E-state index in [1.807, 2.05) is 49.1 Å². The molecule has 0 radical (unpaired) electrons. The average molecular weight is 372 g/mol. The van der Waals surface area contributed by atoms with Gasteiger partial charge in [0.2, 0.25) is 0 Å². The molecule has 1 aliphatic rings. The number of amides is 1. The normalized spacial score (nSPS) is 13.9. The number of aromatic nitrogens is 2. The highest BCUT2D eigenvalue weighted by Crippen LogP contribution is 2.32. The van der Waals surface area contributed by atoms with Crippen molar-refractivity contribution in [1.29, 1.82) is 5.26 Å². The van der Waals surface area contributed by atoms with Crippen molar-refractivity contribution in [2.45, 2.75) is 26.7 Å². The van der Waals surface area contributed by atoms with Crippen molar-refractivity contribution in [3.8, 4) is 17.3 Å². The number of nitrogens with one attached hydrogen (secondary N) is 1. The summed E-state index contributed by atoms with van der Waals surface area (Å²) in [7, 11) is 0. The second-order valence-corrected chi connectivity index (χ2v) is 7.55. The molecule has 2 aromatic carbocycles. The lowest BCUT2D eigenvalue weighted by molar-refractivity contribution is 0.0601. The highest BCUT2D eigenvalue weighted by atomic mass is 16.2. The number of nitrogens with zero attached hydrogens (tertiary/aromatic N) is 3. The van der Waals surface area contributed by atoms with Gasteiger partial charge in [-0.3, -0.25) is 9.89 Å². The molecule has 1 fully saturated rings. The molecular weight excluding hydrogens is 348 g/mol. The monoisotopic (exact) mass is 372 g/mol.